The summed E-state index contributed by atoms with van der Waals surface area (Å²) in [6.45, 7) is 0. The fraction of sp³-hybridized carbons (Fsp3) is 0. The molecule has 0 nitrogen and oxygen atoms in total. The van der Waals surface area contributed by atoms with Crippen LogP contribution in [0.25, 0.3) is 43.1 Å². The molecule has 0 aliphatic rings. The van der Waals surface area contributed by atoms with Gasteiger partial charge in [0.25, 0.3) is 0 Å². The largest absolute Gasteiger partial charge is 0.0843 e. The second kappa shape index (κ2) is 5.11. The van der Waals surface area contributed by atoms with Crippen LogP contribution in [0.5, 0.6) is 0 Å². The van der Waals surface area contributed by atoms with Gasteiger partial charge in [-0.2, -0.15) is 0 Å². The Bertz CT molecular complexity index is 1170. The minimum Gasteiger partial charge on any atom is -0.0843 e. The highest BCUT2D eigenvalue weighted by Gasteiger charge is 2.09. The van der Waals surface area contributed by atoms with E-state index in [1.54, 1.807) is 0 Å². The highest BCUT2D eigenvalue weighted by Crippen LogP contribution is 2.37. The van der Waals surface area contributed by atoms with Crippen molar-refractivity contribution in [2.75, 3.05) is 0 Å². The Morgan fingerprint density at radius 1 is 0.417 bits per heavy atom. The van der Waals surface area contributed by atoms with Crippen molar-refractivity contribution in [1.82, 2.24) is 0 Å². The fourth-order valence-electron chi connectivity index (χ4n) is 3.65. The van der Waals surface area contributed by atoms with Gasteiger partial charge in [-0.1, -0.05) is 71.7 Å². The van der Waals surface area contributed by atoms with E-state index in [4.69, 9.17) is 23.2 Å². The smallest absolute Gasteiger partial charge is 0.0412 e. The van der Waals surface area contributed by atoms with Crippen molar-refractivity contribution in [3.8, 4) is 0 Å². The molecule has 5 aromatic carbocycles. The Morgan fingerprint density at radius 2 is 0.792 bits per heavy atom. The van der Waals surface area contributed by atoms with Crippen LogP contribution in [0.4, 0.5) is 0 Å². The average molecular weight is 347 g/mol. The van der Waals surface area contributed by atoms with E-state index < -0.39 is 0 Å². The molecule has 0 heterocycles. The van der Waals surface area contributed by atoms with Crippen LogP contribution in [0.3, 0.4) is 0 Å². The molecule has 0 aliphatic carbocycles. The fourth-order valence-corrected chi connectivity index (χ4v) is 4.01. The SMILES string of the molecule is Clc1ccc2c(ccc3ccc4ccc5cc(Cl)ccc5c4c32)c1. The summed E-state index contributed by atoms with van der Waals surface area (Å²) in [5.74, 6) is 0. The second-order valence-electron chi connectivity index (χ2n) is 6.12. The van der Waals surface area contributed by atoms with E-state index in [2.05, 4.69) is 48.5 Å². The van der Waals surface area contributed by atoms with E-state index in [-0.39, 0.29) is 0 Å². The summed E-state index contributed by atoms with van der Waals surface area (Å²) in [6.07, 6.45) is 0. The first kappa shape index (κ1) is 14.1. The number of hydrogen-bond donors (Lipinski definition) is 0. The number of rotatable bonds is 0. The first-order chi connectivity index (χ1) is 11.7. The third kappa shape index (κ3) is 2.00. The Hall–Kier alpha value is -2.28. The van der Waals surface area contributed by atoms with E-state index in [9.17, 15) is 0 Å². The van der Waals surface area contributed by atoms with E-state index in [1.807, 2.05) is 24.3 Å². The normalized spacial score (nSPS) is 11.8. The zero-order valence-corrected chi connectivity index (χ0v) is 14.2. The van der Waals surface area contributed by atoms with Crippen molar-refractivity contribution in [2.45, 2.75) is 0 Å². The monoisotopic (exact) mass is 346 g/mol. The van der Waals surface area contributed by atoms with Crippen LogP contribution in [-0.2, 0) is 0 Å². The first-order valence-electron chi connectivity index (χ1n) is 7.84. The number of fused-ring (bicyclic) bond motifs is 7. The van der Waals surface area contributed by atoms with Gasteiger partial charge >= 0.3 is 0 Å². The summed E-state index contributed by atoms with van der Waals surface area (Å²) in [5, 5.41) is 11.3. The third-order valence-corrected chi connectivity index (χ3v) is 5.19. The van der Waals surface area contributed by atoms with Crippen LogP contribution >= 0.6 is 23.2 Å². The molecule has 0 aromatic heterocycles. The van der Waals surface area contributed by atoms with Crippen LogP contribution in [-0.4, -0.2) is 0 Å². The second-order valence-corrected chi connectivity index (χ2v) is 7.00. The maximum absolute atomic E-state index is 6.19. The number of halogens is 2. The van der Waals surface area contributed by atoms with Gasteiger partial charge in [0.2, 0.25) is 0 Å². The molecule has 0 spiro atoms. The summed E-state index contributed by atoms with van der Waals surface area (Å²) in [4.78, 5) is 0. The molecule has 0 radical (unpaired) electrons. The topological polar surface area (TPSA) is 0 Å². The van der Waals surface area contributed by atoms with Gasteiger partial charge in [0.05, 0.1) is 0 Å². The lowest BCUT2D eigenvalue weighted by Crippen LogP contribution is -1.84. The third-order valence-electron chi connectivity index (χ3n) is 4.72. The summed E-state index contributed by atoms with van der Waals surface area (Å²) in [5.41, 5.74) is 0. The minimum absolute atomic E-state index is 0.763. The molecule has 5 aromatic rings. The molecule has 0 saturated carbocycles. The van der Waals surface area contributed by atoms with Gasteiger partial charge in [-0.05, 0) is 67.4 Å². The summed E-state index contributed by atoms with van der Waals surface area (Å²) >= 11 is 12.4. The maximum atomic E-state index is 6.19. The molecule has 0 aliphatic heterocycles. The zero-order valence-electron chi connectivity index (χ0n) is 12.7. The molecule has 114 valence electrons. The Labute approximate surface area is 149 Å². The highest BCUT2D eigenvalue weighted by molar-refractivity contribution is 6.34. The van der Waals surface area contributed by atoms with Crippen molar-refractivity contribution in [1.29, 1.82) is 0 Å². The summed E-state index contributed by atoms with van der Waals surface area (Å²) < 4.78 is 0. The predicted octanol–water partition coefficient (Wildman–Crippen LogP) is 7.61. The van der Waals surface area contributed by atoms with Gasteiger partial charge in [0, 0.05) is 10.0 Å². The van der Waals surface area contributed by atoms with E-state index >= 15 is 0 Å². The van der Waals surface area contributed by atoms with Crippen molar-refractivity contribution in [3.05, 3.63) is 82.8 Å². The lowest BCUT2D eigenvalue weighted by Gasteiger charge is -2.11. The average Bonchev–Trinajstić information content (AvgIpc) is 2.60. The van der Waals surface area contributed by atoms with Crippen molar-refractivity contribution in [2.24, 2.45) is 0 Å². The molecule has 0 amide bonds. The Morgan fingerprint density at radius 3 is 1.21 bits per heavy atom. The highest BCUT2D eigenvalue weighted by atomic mass is 35.5. The van der Waals surface area contributed by atoms with Gasteiger partial charge in [-0.15, -0.1) is 0 Å². The van der Waals surface area contributed by atoms with Crippen LogP contribution in [0.1, 0.15) is 0 Å². The van der Waals surface area contributed by atoms with Crippen molar-refractivity contribution < 1.29 is 0 Å². The molecular weight excluding hydrogens is 335 g/mol. The molecule has 2 heteroatoms. The summed E-state index contributed by atoms with van der Waals surface area (Å²) in [6, 6.07) is 25.2. The van der Waals surface area contributed by atoms with Crippen LogP contribution in [0.15, 0.2) is 72.8 Å². The molecule has 0 N–H and O–H groups in total. The van der Waals surface area contributed by atoms with Crippen LogP contribution < -0.4 is 0 Å². The first-order valence-corrected chi connectivity index (χ1v) is 8.59. The Balaban J connectivity index is 2.12. The molecule has 0 atom stereocenters. The zero-order chi connectivity index (χ0) is 16.3. The lowest BCUT2D eigenvalue weighted by atomic mass is 9.93. The molecule has 24 heavy (non-hydrogen) atoms. The maximum Gasteiger partial charge on any atom is 0.0412 e. The molecule has 0 fully saturated rings. The van der Waals surface area contributed by atoms with Crippen molar-refractivity contribution in [3.63, 3.8) is 0 Å². The quantitative estimate of drug-likeness (QED) is 0.253. The molecule has 0 unspecified atom stereocenters. The summed E-state index contributed by atoms with van der Waals surface area (Å²) in [7, 11) is 0. The lowest BCUT2D eigenvalue weighted by molar-refractivity contribution is 1.77. The molecular formula is C22H12Cl2. The van der Waals surface area contributed by atoms with Crippen LogP contribution in [0, 0.1) is 0 Å². The predicted molar refractivity (Wildman–Crippen MR) is 106 cm³/mol. The standard InChI is InChI=1S/C22H12Cl2/c23-17-7-9-19-15(11-17)5-3-13-1-2-14-4-6-16-12-18(24)8-10-20(16)22(14)21(13)19/h1-12H. The van der Waals surface area contributed by atoms with E-state index in [0.29, 0.717) is 0 Å². The van der Waals surface area contributed by atoms with E-state index in [1.165, 1.54) is 32.3 Å². The van der Waals surface area contributed by atoms with Crippen LogP contribution in [0.2, 0.25) is 10.0 Å². The number of benzene rings is 5. The van der Waals surface area contributed by atoms with Crippen molar-refractivity contribution >= 4 is 66.3 Å². The van der Waals surface area contributed by atoms with Gasteiger partial charge in [-0.3, -0.25) is 0 Å². The van der Waals surface area contributed by atoms with Gasteiger partial charge in [-0.25, -0.2) is 0 Å². The van der Waals surface area contributed by atoms with E-state index in [0.717, 1.165) is 20.8 Å². The Kier molecular flexibility index (Phi) is 3.00. The number of hydrogen-bond acceptors (Lipinski definition) is 0. The van der Waals surface area contributed by atoms with Gasteiger partial charge in [0.15, 0.2) is 0 Å². The van der Waals surface area contributed by atoms with Gasteiger partial charge < -0.3 is 0 Å². The molecule has 0 saturated heterocycles. The molecule has 5 rings (SSSR count). The molecule has 0 bridgehead atoms. The van der Waals surface area contributed by atoms with Gasteiger partial charge in [0.1, 0.15) is 0 Å². The minimum atomic E-state index is 0.763.